The van der Waals surface area contributed by atoms with Crippen molar-refractivity contribution >= 4 is 87.6 Å². The number of carboxylic acids is 4. The van der Waals surface area contributed by atoms with Crippen LogP contribution in [0.3, 0.4) is 0 Å². The fraction of sp³-hybridized carbons (Fsp3) is 0.152. The van der Waals surface area contributed by atoms with E-state index in [9.17, 15) is 61.6 Å². The van der Waals surface area contributed by atoms with Gasteiger partial charge in [-0.05, 0) is 124 Å². The van der Waals surface area contributed by atoms with Gasteiger partial charge in [-0.15, -0.1) is 0 Å². The molecule has 24 heteroatoms. The van der Waals surface area contributed by atoms with Crippen LogP contribution in [0.4, 0.5) is 43.9 Å². The Morgan fingerprint density at radius 3 is 1.00 bits per heavy atom. The van der Waals surface area contributed by atoms with Crippen molar-refractivity contribution in [1.82, 2.24) is 0 Å². The molecule has 10 nitrogen and oxygen atoms in total. The van der Waals surface area contributed by atoms with E-state index in [1.807, 2.05) is 0 Å². The summed E-state index contributed by atoms with van der Waals surface area (Å²) in [6.45, 7) is 0. The summed E-state index contributed by atoms with van der Waals surface area (Å²) in [5.74, 6) is -31.1. The maximum absolute atomic E-state index is 17.5. The number of rotatable bonds is 13. The number of carbonyl (C=O) groups is 4. The third-order valence-corrected chi connectivity index (χ3v) is 10.1. The summed E-state index contributed by atoms with van der Waals surface area (Å²) in [7, 11) is 0. The Hall–Kier alpha value is -4.42. The monoisotopic (exact) mass is 1080 g/mol. The van der Waals surface area contributed by atoms with Crippen LogP contribution in [0.25, 0.3) is 0 Å². The molecule has 0 spiro atoms. The van der Waals surface area contributed by atoms with Gasteiger partial charge in [0.15, 0.2) is 11.5 Å². The molecule has 4 N–H and O–H groups in total. The Labute approximate surface area is 343 Å². The van der Waals surface area contributed by atoms with E-state index in [-0.39, 0.29) is 24.3 Å². The van der Waals surface area contributed by atoms with Gasteiger partial charge in [0.1, 0.15) is 11.5 Å². The van der Waals surface area contributed by atoms with Crippen LogP contribution in [0.15, 0.2) is 78.6 Å². The number of ether oxygens (including phenoxy) is 2. The summed E-state index contributed by atoms with van der Waals surface area (Å²) in [5.41, 5.74) is -11.8. The van der Waals surface area contributed by atoms with Gasteiger partial charge in [-0.1, -0.05) is 0 Å². The van der Waals surface area contributed by atoms with Gasteiger partial charge in [-0.3, -0.25) is 0 Å². The van der Waals surface area contributed by atoms with Crippen LogP contribution in [0.2, 0.25) is 0 Å². The molecule has 0 atom stereocenters. The van der Waals surface area contributed by atoms with Crippen LogP contribution in [-0.4, -0.2) is 68.2 Å². The average molecular weight is 1080 g/mol. The highest BCUT2D eigenvalue weighted by Gasteiger charge is 2.86. The Balaban J connectivity index is 1.96. The molecule has 0 aliphatic rings. The molecule has 0 aliphatic carbocycles. The van der Waals surface area contributed by atoms with E-state index in [2.05, 4.69) is 63.7 Å². The summed E-state index contributed by atoms with van der Waals surface area (Å²) in [4.78, 5) is 46.0. The maximum Gasteiger partial charge on any atom is 0.460 e. The van der Waals surface area contributed by atoms with E-state index in [0.29, 0.717) is 12.1 Å². The van der Waals surface area contributed by atoms with Crippen molar-refractivity contribution < 1.29 is 93.0 Å². The van der Waals surface area contributed by atoms with Gasteiger partial charge in [0.25, 0.3) is 0 Å². The molecule has 0 saturated carbocycles. The molecular weight excluding hydrogens is 1070 g/mol. The zero-order valence-corrected chi connectivity index (χ0v) is 33.1. The van der Waals surface area contributed by atoms with Crippen molar-refractivity contribution in [2.75, 3.05) is 0 Å². The van der Waals surface area contributed by atoms with E-state index in [1.165, 1.54) is 0 Å². The number of halogens is 14. The lowest BCUT2D eigenvalue weighted by atomic mass is 9.78. The smallest absolute Gasteiger partial charge is 0.460 e. The predicted octanol–water partition coefficient (Wildman–Crippen LogP) is 11.8. The Kier molecular flexibility index (Phi) is 12.5. The standard InChI is InChI=1S/C33H14Br4F10O10/c34-19-5-11(6-20(35)23(19)56-13-1-3-15(25(48)49)17(9-13)27(52)53)29(38,30(39,40)31(41,42)32(43,44)33(45,46)47)12-7-21(36)24(22(37)8-12)57-14-2-4-16(26(50)51)18(10-14)28(54)55/h1-10H,(H,48,49)(H,50,51)(H,52,53)(H,54,55). The summed E-state index contributed by atoms with van der Waals surface area (Å²) < 4.78 is 156. The van der Waals surface area contributed by atoms with Gasteiger partial charge < -0.3 is 29.9 Å². The molecule has 0 heterocycles. The van der Waals surface area contributed by atoms with Crippen LogP contribution in [0.5, 0.6) is 23.0 Å². The Morgan fingerprint density at radius 1 is 0.439 bits per heavy atom. The van der Waals surface area contributed by atoms with Crippen LogP contribution in [0.1, 0.15) is 52.6 Å². The molecule has 0 amide bonds. The second kappa shape index (κ2) is 15.7. The third kappa shape index (κ3) is 8.04. The zero-order chi connectivity index (χ0) is 43.4. The molecule has 304 valence electrons. The maximum atomic E-state index is 17.5. The van der Waals surface area contributed by atoms with Crippen molar-refractivity contribution in [3.05, 3.63) is 112 Å². The van der Waals surface area contributed by atoms with E-state index >= 15 is 22.0 Å². The van der Waals surface area contributed by atoms with Crippen LogP contribution >= 0.6 is 63.7 Å². The zero-order valence-electron chi connectivity index (χ0n) is 26.8. The molecule has 57 heavy (non-hydrogen) atoms. The first-order valence-electron chi connectivity index (χ1n) is 14.5. The van der Waals surface area contributed by atoms with Gasteiger partial charge in [-0.2, -0.15) is 39.5 Å². The number of hydrogen-bond acceptors (Lipinski definition) is 6. The highest BCUT2D eigenvalue weighted by molar-refractivity contribution is 9.11. The molecule has 4 aromatic carbocycles. The van der Waals surface area contributed by atoms with Gasteiger partial charge in [0.2, 0.25) is 5.67 Å². The Bertz CT molecular complexity index is 2160. The first kappa shape index (κ1) is 45.3. The topological polar surface area (TPSA) is 168 Å². The first-order chi connectivity index (χ1) is 26.0. The quantitative estimate of drug-likeness (QED) is 0.0946. The second-order valence-corrected chi connectivity index (χ2v) is 14.7. The molecule has 4 aromatic rings. The van der Waals surface area contributed by atoms with E-state index in [4.69, 9.17) is 9.47 Å². The van der Waals surface area contributed by atoms with Gasteiger partial charge >= 0.3 is 47.8 Å². The molecule has 0 unspecified atom stereocenters. The summed E-state index contributed by atoms with van der Waals surface area (Å²) in [6, 6.07) is 5.73. The molecular formula is C33H14Br4F10O10. The number of hydrogen-bond donors (Lipinski definition) is 4. The molecule has 0 saturated heterocycles. The molecule has 0 aliphatic heterocycles. The minimum absolute atomic E-state index is 0.239. The fourth-order valence-electron chi connectivity index (χ4n) is 4.97. The molecule has 0 radical (unpaired) electrons. The number of alkyl halides is 10. The highest BCUT2D eigenvalue weighted by Crippen LogP contribution is 2.62. The summed E-state index contributed by atoms with van der Waals surface area (Å²) in [5, 5.41) is 37.3. The lowest BCUT2D eigenvalue weighted by Gasteiger charge is -2.41. The number of aromatic carboxylic acids is 4. The highest BCUT2D eigenvalue weighted by atomic mass is 79.9. The Morgan fingerprint density at radius 2 is 0.737 bits per heavy atom. The van der Waals surface area contributed by atoms with E-state index in [1.54, 1.807) is 0 Å². The van der Waals surface area contributed by atoms with Crippen molar-refractivity contribution in [2.45, 2.75) is 29.6 Å². The predicted molar refractivity (Wildman–Crippen MR) is 187 cm³/mol. The molecule has 0 fully saturated rings. The summed E-state index contributed by atoms with van der Waals surface area (Å²) in [6.07, 6.45) is -7.35. The lowest BCUT2D eigenvalue weighted by Crippen LogP contribution is -2.66. The minimum Gasteiger partial charge on any atom is -0.478 e. The normalized spacial score (nSPS) is 12.6. The van der Waals surface area contributed by atoms with Crippen molar-refractivity contribution in [3.63, 3.8) is 0 Å². The van der Waals surface area contributed by atoms with Crippen LogP contribution < -0.4 is 9.47 Å². The van der Waals surface area contributed by atoms with Crippen LogP contribution in [0, 0.1) is 0 Å². The van der Waals surface area contributed by atoms with Crippen LogP contribution in [-0.2, 0) is 5.67 Å². The van der Waals surface area contributed by atoms with Crippen molar-refractivity contribution in [1.29, 1.82) is 0 Å². The minimum atomic E-state index is -7.57. The number of carboxylic acid groups (broad SMARTS) is 4. The molecule has 0 aromatic heterocycles. The molecule has 0 bridgehead atoms. The largest absolute Gasteiger partial charge is 0.478 e. The van der Waals surface area contributed by atoms with Gasteiger partial charge in [0.05, 0.1) is 40.1 Å². The van der Waals surface area contributed by atoms with Crippen molar-refractivity contribution in [3.8, 4) is 23.0 Å². The lowest BCUT2D eigenvalue weighted by molar-refractivity contribution is -0.410. The molecule has 4 rings (SSSR count). The second-order valence-electron chi connectivity index (χ2n) is 11.3. The van der Waals surface area contributed by atoms with Gasteiger partial charge in [-0.25, -0.2) is 23.6 Å². The summed E-state index contributed by atoms with van der Waals surface area (Å²) >= 11 is 11.2. The SMILES string of the molecule is O=C(O)c1ccc(Oc2c(Br)cc(C(F)(c3cc(Br)c(Oc4ccc(C(=O)O)c(C(=O)O)c4)c(Br)c3)C(F)(F)C(F)(F)C(F)(F)C(F)(F)F)cc2Br)cc1C(=O)O. The van der Waals surface area contributed by atoms with Gasteiger partial charge in [0, 0.05) is 11.1 Å². The fourth-order valence-corrected chi connectivity index (χ4v) is 7.67. The van der Waals surface area contributed by atoms with Crippen molar-refractivity contribution in [2.24, 2.45) is 0 Å². The third-order valence-electron chi connectivity index (χ3n) is 7.71. The van der Waals surface area contributed by atoms with E-state index in [0.717, 1.165) is 24.3 Å². The first-order valence-corrected chi connectivity index (χ1v) is 17.6. The van der Waals surface area contributed by atoms with E-state index < -0.39 is 128 Å². The number of benzene rings is 4. The average Bonchev–Trinajstić information content (AvgIpc) is 3.09.